The molecule has 2 heterocycles. The lowest BCUT2D eigenvalue weighted by molar-refractivity contribution is 0.705. The van der Waals surface area contributed by atoms with Gasteiger partial charge < -0.3 is 4.57 Å². The Hall–Kier alpha value is -2.28. The Bertz CT molecular complexity index is 954. The first-order chi connectivity index (χ1) is 10.5. The van der Waals surface area contributed by atoms with Crippen molar-refractivity contribution in [3.8, 4) is 0 Å². The average molecular weight is 316 g/mol. The molecular formula is C15H16N4O2S. The summed E-state index contributed by atoms with van der Waals surface area (Å²) in [7, 11) is 4.91. The predicted octanol–water partition coefficient (Wildman–Crippen LogP) is 1.26. The monoisotopic (exact) mass is 316 g/mol. The largest absolute Gasteiger partial charge is 0.332 e. The minimum absolute atomic E-state index is 0.320. The first kappa shape index (κ1) is 14.6. The maximum Gasteiger partial charge on any atom is 0.332 e. The summed E-state index contributed by atoms with van der Waals surface area (Å²) < 4.78 is 4.27. The van der Waals surface area contributed by atoms with Crippen LogP contribution >= 0.6 is 11.8 Å². The van der Waals surface area contributed by atoms with Gasteiger partial charge in [-0.25, -0.2) is 9.78 Å². The van der Waals surface area contributed by atoms with E-state index >= 15 is 0 Å². The van der Waals surface area contributed by atoms with Crippen molar-refractivity contribution < 1.29 is 0 Å². The van der Waals surface area contributed by atoms with Crippen LogP contribution in [0.2, 0.25) is 0 Å². The first-order valence-corrected chi connectivity index (χ1v) is 7.78. The zero-order valence-corrected chi connectivity index (χ0v) is 13.4. The van der Waals surface area contributed by atoms with Gasteiger partial charge in [-0.3, -0.25) is 13.9 Å². The molecule has 0 aliphatic carbocycles. The molecule has 0 saturated carbocycles. The van der Waals surface area contributed by atoms with Crippen LogP contribution in [0.1, 0.15) is 5.56 Å². The molecule has 3 rings (SSSR count). The van der Waals surface area contributed by atoms with Gasteiger partial charge in [-0.1, -0.05) is 42.1 Å². The Morgan fingerprint density at radius 1 is 1.00 bits per heavy atom. The molecular weight excluding hydrogens is 300 g/mol. The van der Waals surface area contributed by atoms with Crippen LogP contribution in [0.15, 0.2) is 45.1 Å². The quantitative estimate of drug-likeness (QED) is 0.683. The lowest BCUT2D eigenvalue weighted by Crippen LogP contribution is -2.37. The van der Waals surface area contributed by atoms with Crippen LogP contribution in [0, 0.1) is 0 Å². The van der Waals surface area contributed by atoms with E-state index in [1.54, 1.807) is 30.4 Å². The number of fused-ring (bicyclic) bond motifs is 1. The van der Waals surface area contributed by atoms with Crippen molar-refractivity contribution in [1.82, 2.24) is 18.7 Å². The van der Waals surface area contributed by atoms with E-state index in [4.69, 9.17) is 0 Å². The van der Waals surface area contributed by atoms with Gasteiger partial charge in [-0.15, -0.1) is 0 Å². The van der Waals surface area contributed by atoms with Crippen LogP contribution in [0.3, 0.4) is 0 Å². The van der Waals surface area contributed by atoms with Crippen LogP contribution in [0.25, 0.3) is 11.2 Å². The molecule has 0 radical (unpaired) electrons. The third-order valence-electron chi connectivity index (χ3n) is 3.65. The minimum Gasteiger partial charge on any atom is -0.316 e. The van der Waals surface area contributed by atoms with Gasteiger partial charge in [0, 0.05) is 26.9 Å². The summed E-state index contributed by atoms with van der Waals surface area (Å²) in [5.74, 6) is 0.756. The molecule has 1 aromatic carbocycles. The van der Waals surface area contributed by atoms with E-state index in [9.17, 15) is 9.59 Å². The fraction of sp³-hybridized carbons (Fsp3) is 0.267. The van der Waals surface area contributed by atoms with E-state index in [2.05, 4.69) is 4.98 Å². The van der Waals surface area contributed by atoms with E-state index in [0.717, 1.165) is 15.5 Å². The molecule has 0 atom stereocenters. The maximum absolute atomic E-state index is 12.3. The second-order valence-electron chi connectivity index (χ2n) is 5.11. The molecule has 7 heteroatoms. The van der Waals surface area contributed by atoms with E-state index in [0.29, 0.717) is 11.2 Å². The zero-order chi connectivity index (χ0) is 15.9. The molecule has 0 unspecified atom stereocenters. The van der Waals surface area contributed by atoms with Gasteiger partial charge in [0.25, 0.3) is 5.56 Å². The van der Waals surface area contributed by atoms with Gasteiger partial charge in [0.1, 0.15) is 0 Å². The van der Waals surface area contributed by atoms with Gasteiger partial charge in [-0.2, -0.15) is 0 Å². The molecule has 6 nitrogen and oxygen atoms in total. The lowest BCUT2D eigenvalue weighted by atomic mass is 10.2. The topological polar surface area (TPSA) is 61.8 Å². The summed E-state index contributed by atoms with van der Waals surface area (Å²) in [6.45, 7) is 0. The van der Waals surface area contributed by atoms with Crippen LogP contribution in [0.4, 0.5) is 0 Å². The van der Waals surface area contributed by atoms with Crippen molar-refractivity contribution in [2.45, 2.75) is 10.9 Å². The van der Waals surface area contributed by atoms with Crippen molar-refractivity contribution in [1.29, 1.82) is 0 Å². The van der Waals surface area contributed by atoms with E-state index in [1.165, 1.54) is 17.2 Å². The van der Waals surface area contributed by atoms with Crippen LogP contribution < -0.4 is 11.2 Å². The molecule has 22 heavy (non-hydrogen) atoms. The molecule has 0 amide bonds. The Kier molecular flexibility index (Phi) is 3.66. The molecule has 0 bridgehead atoms. The summed E-state index contributed by atoms with van der Waals surface area (Å²) in [5, 5.41) is 0.720. The standard InChI is InChI=1S/C15H16N4O2S/c1-17-11-12(18(2)15(21)19(3)13(11)20)16-14(17)22-9-10-7-5-4-6-8-10/h4-8H,9H2,1-3H3. The normalized spacial score (nSPS) is 11.2. The zero-order valence-electron chi connectivity index (χ0n) is 12.6. The highest BCUT2D eigenvalue weighted by molar-refractivity contribution is 7.98. The second kappa shape index (κ2) is 5.49. The van der Waals surface area contributed by atoms with Crippen molar-refractivity contribution in [2.24, 2.45) is 21.1 Å². The Balaban J connectivity index is 2.07. The second-order valence-corrected chi connectivity index (χ2v) is 6.05. The number of benzene rings is 1. The molecule has 0 N–H and O–H groups in total. The molecule has 3 aromatic rings. The first-order valence-electron chi connectivity index (χ1n) is 6.80. The number of nitrogens with zero attached hydrogens (tertiary/aromatic N) is 4. The number of aromatic nitrogens is 4. The summed E-state index contributed by atoms with van der Waals surface area (Å²) >= 11 is 1.54. The molecule has 0 aliphatic rings. The highest BCUT2D eigenvalue weighted by Gasteiger charge is 2.17. The number of hydrogen-bond donors (Lipinski definition) is 0. The summed E-state index contributed by atoms with van der Waals surface area (Å²) in [6.07, 6.45) is 0. The average Bonchev–Trinajstić information content (AvgIpc) is 2.87. The molecule has 0 spiro atoms. The van der Waals surface area contributed by atoms with E-state index in [1.807, 2.05) is 30.3 Å². The number of rotatable bonds is 3. The van der Waals surface area contributed by atoms with E-state index < -0.39 is 0 Å². The smallest absolute Gasteiger partial charge is 0.316 e. The highest BCUT2D eigenvalue weighted by Crippen LogP contribution is 2.23. The third kappa shape index (κ3) is 2.27. The van der Waals surface area contributed by atoms with Gasteiger partial charge >= 0.3 is 5.69 Å². The predicted molar refractivity (Wildman–Crippen MR) is 87.2 cm³/mol. The summed E-state index contributed by atoms with van der Waals surface area (Å²) in [4.78, 5) is 28.7. The SMILES string of the molecule is Cn1c(=O)c2c(nc(SCc3ccccc3)n2C)n(C)c1=O. The Morgan fingerprint density at radius 2 is 1.68 bits per heavy atom. The Labute approximate surface area is 131 Å². The van der Waals surface area contributed by atoms with E-state index in [-0.39, 0.29) is 11.2 Å². The van der Waals surface area contributed by atoms with Crippen molar-refractivity contribution in [3.63, 3.8) is 0 Å². The summed E-state index contributed by atoms with van der Waals surface area (Å²) in [6, 6.07) is 10.0. The third-order valence-corrected chi connectivity index (χ3v) is 4.75. The molecule has 0 fully saturated rings. The van der Waals surface area contributed by atoms with Crippen molar-refractivity contribution >= 4 is 22.9 Å². The van der Waals surface area contributed by atoms with Gasteiger partial charge in [0.15, 0.2) is 16.3 Å². The molecule has 0 saturated heterocycles. The number of aryl methyl sites for hydroxylation is 2. The maximum atomic E-state index is 12.3. The van der Waals surface area contributed by atoms with Gasteiger partial charge in [0.2, 0.25) is 0 Å². The summed E-state index contributed by atoms with van der Waals surface area (Å²) in [5.41, 5.74) is 1.36. The van der Waals surface area contributed by atoms with Crippen molar-refractivity contribution in [2.75, 3.05) is 0 Å². The number of hydrogen-bond acceptors (Lipinski definition) is 4. The van der Waals surface area contributed by atoms with Crippen LogP contribution in [-0.2, 0) is 26.9 Å². The fourth-order valence-electron chi connectivity index (χ4n) is 2.35. The number of imidazole rings is 1. The lowest BCUT2D eigenvalue weighted by Gasteiger charge is -2.03. The van der Waals surface area contributed by atoms with Crippen LogP contribution in [0.5, 0.6) is 0 Å². The molecule has 0 aliphatic heterocycles. The minimum atomic E-state index is -0.366. The van der Waals surface area contributed by atoms with Gasteiger partial charge in [-0.05, 0) is 5.56 Å². The van der Waals surface area contributed by atoms with Crippen LogP contribution in [-0.4, -0.2) is 18.7 Å². The van der Waals surface area contributed by atoms with Gasteiger partial charge in [0.05, 0.1) is 0 Å². The Morgan fingerprint density at radius 3 is 2.36 bits per heavy atom. The fourth-order valence-corrected chi connectivity index (χ4v) is 3.27. The highest BCUT2D eigenvalue weighted by atomic mass is 32.2. The molecule has 2 aromatic heterocycles. The number of thioether (sulfide) groups is 1. The molecule has 114 valence electrons. The van der Waals surface area contributed by atoms with Crippen molar-refractivity contribution in [3.05, 3.63) is 56.7 Å².